The van der Waals surface area contributed by atoms with Crippen molar-refractivity contribution in [2.24, 2.45) is 0 Å². The molecule has 0 unspecified atom stereocenters. The molecule has 0 saturated heterocycles. The van der Waals surface area contributed by atoms with Gasteiger partial charge in [-0.1, -0.05) is 24.3 Å². The number of hydrogen-bond acceptors (Lipinski definition) is 4. The summed E-state index contributed by atoms with van der Waals surface area (Å²) in [5.41, 5.74) is 0.866. The van der Waals surface area contributed by atoms with Crippen molar-refractivity contribution in [1.29, 1.82) is 0 Å². The van der Waals surface area contributed by atoms with Gasteiger partial charge in [0.2, 0.25) is 5.95 Å². The maximum Gasteiger partial charge on any atom is 0.227 e. The Morgan fingerprint density at radius 2 is 1.57 bits per heavy atom. The maximum atomic E-state index is 5.79. The van der Waals surface area contributed by atoms with Crippen molar-refractivity contribution in [3.63, 3.8) is 0 Å². The third kappa shape index (κ3) is 3.79. The number of hydrogen-bond donors (Lipinski definition) is 1. The molecule has 21 heavy (non-hydrogen) atoms. The minimum Gasteiger partial charge on any atom is -0.457 e. The predicted molar refractivity (Wildman–Crippen MR) is 86.0 cm³/mol. The Balaban J connectivity index is 1.75. The van der Waals surface area contributed by atoms with E-state index in [9.17, 15) is 0 Å². The number of rotatable bonds is 4. The minimum absolute atomic E-state index is 0.537. The molecule has 3 aromatic rings. The second-order valence-corrected chi connectivity index (χ2v) is 5.21. The topological polar surface area (TPSA) is 47.0 Å². The minimum atomic E-state index is 0.537. The van der Waals surface area contributed by atoms with Crippen LogP contribution < -0.4 is 10.1 Å². The van der Waals surface area contributed by atoms with Crippen LogP contribution >= 0.6 is 15.9 Å². The third-order valence-corrected chi connectivity index (χ3v) is 3.10. The molecule has 0 aliphatic heterocycles. The van der Waals surface area contributed by atoms with Crippen LogP contribution in [0.2, 0.25) is 0 Å². The standard InChI is InChI=1S/C16H12BrN3O/c17-12-10-18-16(19-11-12)20-13-5-4-8-15(9-13)21-14-6-2-1-3-7-14/h1-11H,(H,18,19,20). The SMILES string of the molecule is Brc1cnc(Nc2cccc(Oc3ccccc3)c2)nc1. The fraction of sp³-hybridized carbons (Fsp3) is 0. The zero-order valence-corrected chi connectivity index (χ0v) is 12.6. The molecular weight excluding hydrogens is 330 g/mol. The Morgan fingerprint density at radius 1 is 0.857 bits per heavy atom. The molecule has 3 rings (SSSR count). The Hall–Kier alpha value is -2.40. The summed E-state index contributed by atoms with van der Waals surface area (Å²) < 4.78 is 6.63. The Kier molecular flexibility index (Phi) is 4.12. The van der Waals surface area contributed by atoms with E-state index in [2.05, 4.69) is 31.2 Å². The highest BCUT2D eigenvalue weighted by atomic mass is 79.9. The van der Waals surface area contributed by atoms with Gasteiger partial charge in [-0.25, -0.2) is 9.97 Å². The summed E-state index contributed by atoms with van der Waals surface area (Å²) in [5.74, 6) is 2.09. The van der Waals surface area contributed by atoms with Gasteiger partial charge < -0.3 is 10.1 Å². The van der Waals surface area contributed by atoms with Crippen LogP contribution in [0.5, 0.6) is 11.5 Å². The van der Waals surface area contributed by atoms with Crippen molar-refractivity contribution in [2.75, 3.05) is 5.32 Å². The highest BCUT2D eigenvalue weighted by Gasteiger charge is 2.01. The lowest BCUT2D eigenvalue weighted by molar-refractivity contribution is 0.483. The van der Waals surface area contributed by atoms with E-state index in [-0.39, 0.29) is 0 Å². The second-order valence-electron chi connectivity index (χ2n) is 4.29. The number of nitrogens with one attached hydrogen (secondary N) is 1. The third-order valence-electron chi connectivity index (χ3n) is 2.69. The molecule has 0 spiro atoms. The summed E-state index contributed by atoms with van der Waals surface area (Å²) in [7, 11) is 0. The number of nitrogens with zero attached hydrogens (tertiary/aromatic N) is 2. The van der Waals surface area contributed by atoms with Crippen molar-refractivity contribution >= 4 is 27.6 Å². The smallest absolute Gasteiger partial charge is 0.227 e. The first kappa shape index (κ1) is 13.6. The molecule has 1 N–H and O–H groups in total. The van der Waals surface area contributed by atoms with Crippen molar-refractivity contribution in [2.45, 2.75) is 0 Å². The molecular formula is C16H12BrN3O. The molecule has 0 amide bonds. The zero-order valence-electron chi connectivity index (χ0n) is 11.0. The van der Waals surface area contributed by atoms with E-state index in [1.54, 1.807) is 12.4 Å². The summed E-state index contributed by atoms with van der Waals surface area (Å²) in [6.45, 7) is 0. The molecule has 4 nitrogen and oxygen atoms in total. The molecule has 0 aliphatic carbocycles. The molecule has 5 heteroatoms. The van der Waals surface area contributed by atoms with Crippen LogP contribution in [0.1, 0.15) is 0 Å². The average molecular weight is 342 g/mol. The quantitative estimate of drug-likeness (QED) is 0.742. The van der Waals surface area contributed by atoms with Gasteiger partial charge in [-0.3, -0.25) is 0 Å². The monoisotopic (exact) mass is 341 g/mol. The first-order chi connectivity index (χ1) is 10.3. The van der Waals surface area contributed by atoms with Gasteiger partial charge in [-0.2, -0.15) is 0 Å². The lowest BCUT2D eigenvalue weighted by Gasteiger charge is -2.08. The van der Waals surface area contributed by atoms with Crippen LogP contribution in [0.15, 0.2) is 71.5 Å². The maximum absolute atomic E-state index is 5.79. The van der Waals surface area contributed by atoms with Gasteiger partial charge in [0, 0.05) is 24.1 Å². The van der Waals surface area contributed by atoms with E-state index < -0.39 is 0 Å². The summed E-state index contributed by atoms with van der Waals surface area (Å²) in [4.78, 5) is 8.35. The average Bonchev–Trinajstić information content (AvgIpc) is 2.51. The molecule has 1 aromatic heterocycles. The van der Waals surface area contributed by atoms with Gasteiger partial charge in [0.1, 0.15) is 11.5 Å². The summed E-state index contributed by atoms with van der Waals surface area (Å²) >= 11 is 3.31. The fourth-order valence-corrected chi connectivity index (χ4v) is 1.97. The van der Waals surface area contributed by atoms with E-state index in [1.165, 1.54) is 0 Å². The Morgan fingerprint density at radius 3 is 2.33 bits per heavy atom. The number of halogens is 1. The molecule has 2 aromatic carbocycles. The van der Waals surface area contributed by atoms with Crippen LogP contribution in [0, 0.1) is 0 Å². The van der Waals surface area contributed by atoms with E-state index in [4.69, 9.17) is 4.74 Å². The number of anilines is 2. The number of aromatic nitrogens is 2. The second kappa shape index (κ2) is 6.37. The van der Waals surface area contributed by atoms with E-state index in [0.717, 1.165) is 21.7 Å². The van der Waals surface area contributed by atoms with Gasteiger partial charge in [0.05, 0.1) is 4.47 Å². The molecule has 104 valence electrons. The molecule has 0 fully saturated rings. The van der Waals surface area contributed by atoms with Crippen molar-refractivity contribution in [1.82, 2.24) is 9.97 Å². The van der Waals surface area contributed by atoms with Gasteiger partial charge in [0.15, 0.2) is 0 Å². The fourth-order valence-electron chi connectivity index (χ4n) is 1.77. The largest absolute Gasteiger partial charge is 0.457 e. The molecule has 0 bridgehead atoms. The number of ether oxygens (including phenoxy) is 1. The van der Waals surface area contributed by atoms with E-state index >= 15 is 0 Å². The zero-order chi connectivity index (χ0) is 14.5. The Labute approximate surface area is 131 Å². The normalized spacial score (nSPS) is 10.1. The van der Waals surface area contributed by atoms with E-state index in [0.29, 0.717) is 5.95 Å². The van der Waals surface area contributed by atoms with Crippen molar-refractivity contribution in [3.05, 3.63) is 71.5 Å². The highest BCUT2D eigenvalue weighted by Crippen LogP contribution is 2.25. The molecule has 0 aliphatic rings. The van der Waals surface area contributed by atoms with Crippen LogP contribution in [-0.4, -0.2) is 9.97 Å². The van der Waals surface area contributed by atoms with E-state index in [1.807, 2.05) is 54.6 Å². The van der Waals surface area contributed by atoms with Gasteiger partial charge in [-0.05, 0) is 40.2 Å². The molecule has 0 saturated carbocycles. The summed E-state index contributed by atoms with van der Waals surface area (Å²) in [6, 6.07) is 17.3. The van der Waals surface area contributed by atoms with Crippen molar-refractivity contribution in [3.8, 4) is 11.5 Å². The predicted octanol–water partition coefficient (Wildman–Crippen LogP) is 4.78. The van der Waals surface area contributed by atoms with Gasteiger partial charge in [0.25, 0.3) is 0 Å². The van der Waals surface area contributed by atoms with Crippen LogP contribution in [0.3, 0.4) is 0 Å². The number of para-hydroxylation sites is 1. The van der Waals surface area contributed by atoms with Crippen LogP contribution in [0.4, 0.5) is 11.6 Å². The molecule has 1 heterocycles. The van der Waals surface area contributed by atoms with Crippen LogP contribution in [-0.2, 0) is 0 Å². The van der Waals surface area contributed by atoms with Crippen LogP contribution in [0.25, 0.3) is 0 Å². The lowest BCUT2D eigenvalue weighted by atomic mass is 10.3. The number of benzene rings is 2. The highest BCUT2D eigenvalue weighted by molar-refractivity contribution is 9.10. The first-order valence-electron chi connectivity index (χ1n) is 6.37. The first-order valence-corrected chi connectivity index (χ1v) is 7.16. The Bertz CT molecular complexity index is 717. The lowest BCUT2D eigenvalue weighted by Crippen LogP contribution is -1.96. The van der Waals surface area contributed by atoms with Gasteiger partial charge in [-0.15, -0.1) is 0 Å². The van der Waals surface area contributed by atoms with Gasteiger partial charge >= 0.3 is 0 Å². The summed E-state index contributed by atoms with van der Waals surface area (Å²) in [6.07, 6.45) is 3.39. The van der Waals surface area contributed by atoms with Crippen molar-refractivity contribution < 1.29 is 4.74 Å². The summed E-state index contributed by atoms with van der Waals surface area (Å²) in [5, 5.41) is 3.13. The molecule has 0 atom stereocenters. The molecule has 0 radical (unpaired) electrons.